The number of nitrogens with zero attached hydrogens (tertiary/aromatic N) is 2. The molecular formula is C20H19N3O5S2. The van der Waals surface area contributed by atoms with E-state index in [-0.39, 0.29) is 23.2 Å². The van der Waals surface area contributed by atoms with Crippen molar-refractivity contribution < 1.29 is 22.7 Å². The van der Waals surface area contributed by atoms with E-state index in [1.165, 1.54) is 12.1 Å². The number of amides is 2. The molecule has 2 saturated heterocycles. The summed E-state index contributed by atoms with van der Waals surface area (Å²) in [5.74, 6) is -0.588. The highest BCUT2D eigenvalue weighted by molar-refractivity contribution is 7.91. The number of imide groups is 1. The van der Waals surface area contributed by atoms with Gasteiger partial charge in [0, 0.05) is 0 Å². The van der Waals surface area contributed by atoms with E-state index >= 15 is 0 Å². The third-order valence-corrected chi connectivity index (χ3v) is 7.28. The number of carbonyl (C=O) groups is 2. The third kappa shape index (κ3) is 3.41. The molecule has 2 aromatic carbocycles. The summed E-state index contributed by atoms with van der Waals surface area (Å²) in [4.78, 5) is 26.1. The summed E-state index contributed by atoms with van der Waals surface area (Å²) in [6, 6.07) is 13.1. The van der Waals surface area contributed by atoms with Crippen molar-refractivity contribution in [3.63, 3.8) is 0 Å². The molecule has 0 aliphatic carbocycles. The van der Waals surface area contributed by atoms with Crippen molar-refractivity contribution in [2.75, 3.05) is 13.2 Å². The van der Waals surface area contributed by atoms with Gasteiger partial charge in [0.15, 0.2) is 5.11 Å². The molecule has 30 heavy (non-hydrogen) atoms. The molecule has 2 aromatic rings. The van der Waals surface area contributed by atoms with E-state index < -0.39 is 34.1 Å². The van der Waals surface area contributed by atoms with Gasteiger partial charge in [-0.05, 0) is 36.8 Å². The molecule has 10 heteroatoms. The first-order valence-electron chi connectivity index (χ1n) is 9.25. The van der Waals surface area contributed by atoms with Gasteiger partial charge in [0.1, 0.15) is 18.7 Å². The summed E-state index contributed by atoms with van der Waals surface area (Å²) >= 11 is 5.34. The quantitative estimate of drug-likeness (QED) is 0.719. The number of rotatable bonds is 4. The van der Waals surface area contributed by atoms with Crippen LogP contribution in [0.5, 0.6) is 0 Å². The van der Waals surface area contributed by atoms with E-state index in [2.05, 4.69) is 5.32 Å². The van der Waals surface area contributed by atoms with Crippen molar-refractivity contribution in [3.8, 4) is 0 Å². The molecule has 2 aliphatic rings. The number of aryl methyl sites for hydroxylation is 1. The zero-order chi connectivity index (χ0) is 21.5. The second kappa shape index (κ2) is 7.69. The molecule has 0 saturated carbocycles. The van der Waals surface area contributed by atoms with Crippen LogP contribution in [-0.4, -0.2) is 53.9 Å². The van der Waals surface area contributed by atoms with Crippen LogP contribution in [0, 0.1) is 6.92 Å². The van der Waals surface area contributed by atoms with Crippen LogP contribution in [0.2, 0.25) is 0 Å². The minimum absolute atomic E-state index is 0.0619. The topological polar surface area (TPSA) is 96.0 Å². The molecule has 2 atom stereocenters. The number of hydrogen-bond acceptors (Lipinski definition) is 6. The number of thiocarbonyl (C=S) groups is 1. The number of nitrogens with one attached hydrogen (secondary N) is 1. The van der Waals surface area contributed by atoms with Gasteiger partial charge < -0.3 is 10.1 Å². The molecule has 2 fully saturated rings. The monoisotopic (exact) mass is 445 g/mol. The number of sulfonamides is 1. The molecule has 4 rings (SSSR count). The highest BCUT2D eigenvalue weighted by Gasteiger charge is 2.50. The molecule has 156 valence electrons. The van der Waals surface area contributed by atoms with Crippen LogP contribution in [0.25, 0.3) is 0 Å². The summed E-state index contributed by atoms with van der Waals surface area (Å²) in [6.45, 7) is 2.06. The second-order valence-electron chi connectivity index (χ2n) is 7.00. The van der Waals surface area contributed by atoms with Gasteiger partial charge in [0.05, 0.1) is 11.4 Å². The first kappa shape index (κ1) is 20.3. The smallest absolute Gasteiger partial charge is 0.416 e. The molecule has 0 aromatic heterocycles. The molecule has 0 unspecified atom stereocenters. The van der Waals surface area contributed by atoms with Gasteiger partial charge in [-0.2, -0.15) is 0 Å². The molecule has 2 aliphatic heterocycles. The Morgan fingerprint density at radius 3 is 2.40 bits per heavy atom. The average Bonchev–Trinajstić information content (AvgIpc) is 3.32. The summed E-state index contributed by atoms with van der Waals surface area (Å²) < 4.78 is 32.9. The summed E-state index contributed by atoms with van der Waals surface area (Å²) in [5.41, 5.74) is 1.49. The van der Waals surface area contributed by atoms with Crippen LogP contribution in [0.3, 0.4) is 0 Å². The van der Waals surface area contributed by atoms with Crippen LogP contribution >= 0.6 is 12.2 Å². The van der Waals surface area contributed by atoms with Gasteiger partial charge in [0.25, 0.3) is 15.9 Å². The lowest BCUT2D eigenvalue weighted by Crippen LogP contribution is -2.47. The van der Waals surface area contributed by atoms with E-state index in [1.807, 2.05) is 6.92 Å². The van der Waals surface area contributed by atoms with E-state index in [1.54, 1.807) is 42.5 Å². The summed E-state index contributed by atoms with van der Waals surface area (Å²) in [5, 5.41) is 2.71. The predicted molar refractivity (Wildman–Crippen MR) is 112 cm³/mol. The minimum atomic E-state index is -4.06. The van der Waals surface area contributed by atoms with Crippen molar-refractivity contribution >= 4 is 39.4 Å². The van der Waals surface area contributed by atoms with Crippen molar-refractivity contribution in [1.82, 2.24) is 14.5 Å². The zero-order valence-corrected chi connectivity index (χ0v) is 17.7. The SMILES string of the molecule is Cc1ccc(S(=O)(=O)N2C(=S)N[C@@H](C(=O)N3CCOC3=O)[C@@H]2c2ccccc2)cc1. The standard InChI is InChI=1S/C20H19N3O5S2/c1-13-7-9-15(10-8-13)30(26,27)23-17(14-5-3-2-4-6-14)16(21-19(23)29)18(24)22-11-12-28-20(22)25/h2-10,16-17H,11-12H2,1H3,(H,21,29)/t16-,17+/m1/s1. The maximum absolute atomic E-state index is 13.5. The molecule has 0 bridgehead atoms. The van der Waals surface area contributed by atoms with Gasteiger partial charge in [0.2, 0.25) is 0 Å². The predicted octanol–water partition coefficient (Wildman–Crippen LogP) is 1.96. The highest BCUT2D eigenvalue weighted by atomic mass is 32.2. The molecular weight excluding hydrogens is 426 g/mol. The minimum Gasteiger partial charge on any atom is -0.447 e. The lowest BCUT2D eigenvalue weighted by Gasteiger charge is -2.28. The average molecular weight is 446 g/mol. The Morgan fingerprint density at radius 1 is 1.13 bits per heavy atom. The largest absolute Gasteiger partial charge is 0.447 e. The molecule has 1 N–H and O–H groups in total. The fraction of sp³-hybridized carbons (Fsp3) is 0.250. The normalized spacial score (nSPS) is 21.5. The first-order chi connectivity index (χ1) is 14.3. The van der Waals surface area contributed by atoms with Crippen LogP contribution in [0.1, 0.15) is 17.2 Å². The summed E-state index contributed by atoms with van der Waals surface area (Å²) in [6.07, 6.45) is -0.751. The van der Waals surface area contributed by atoms with Crippen molar-refractivity contribution in [2.45, 2.75) is 23.9 Å². The second-order valence-corrected chi connectivity index (χ2v) is 9.20. The van der Waals surface area contributed by atoms with Crippen molar-refractivity contribution in [3.05, 3.63) is 65.7 Å². The van der Waals surface area contributed by atoms with Crippen molar-refractivity contribution in [2.24, 2.45) is 0 Å². The number of cyclic esters (lactones) is 1. The van der Waals surface area contributed by atoms with Crippen LogP contribution in [0.4, 0.5) is 4.79 Å². The van der Waals surface area contributed by atoms with Crippen LogP contribution in [-0.2, 0) is 19.6 Å². The van der Waals surface area contributed by atoms with Gasteiger partial charge in [-0.1, -0.05) is 48.0 Å². The van der Waals surface area contributed by atoms with E-state index in [9.17, 15) is 18.0 Å². The maximum atomic E-state index is 13.5. The van der Waals surface area contributed by atoms with Crippen molar-refractivity contribution in [1.29, 1.82) is 0 Å². The van der Waals surface area contributed by atoms with E-state index in [4.69, 9.17) is 17.0 Å². The lowest BCUT2D eigenvalue weighted by atomic mass is 10.00. The van der Waals surface area contributed by atoms with Gasteiger partial charge >= 0.3 is 6.09 Å². The Labute approximate surface area is 179 Å². The highest BCUT2D eigenvalue weighted by Crippen LogP contribution is 2.36. The Morgan fingerprint density at radius 2 is 1.80 bits per heavy atom. The number of hydrogen-bond donors (Lipinski definition) is 1. The Kier molecular flexibility index (Phi) is 5.20. The molecule has 0 spiro atoms. The van der Waals surface area contributed by atoms with E-state index in [0.29, 0.717) is 5.56 Å². The molecule has 2 amide bonds. The number of carbonyl (C=O) groups excluding carboxylic acids is 2. The molecule has 0 radical (unpaired) electrons. The Balaban J connectivity index is 1.79. The first-order valence-corrected chi connectivity index (χ1v) is 11.1. The van der Waals surface area contributed by atoms with E-state index in [0.717, 1.165) is 14.8 Å². The van der Waals surface area contributed by atoms with Gasteiger partial charge in [-0.15, -0.1) is 0 Å². The molecule has 2 heterocycles. The van der Waals surface area contributed by atoms with Crippen LogP contribution < -0.4 is 5.32 Å². The maximum Gasteiger partial charge on any atom is 0.416 e. The van der Waals surface area contributed by atoms with Gasteiger partial charge in [-0.25, -0.2) is 22.4 Å². The third-order valence-electron chi connectivity index (χ3n) is 5.06. The number of ether oxygens (including phenoxy) is 1. The Bertz CT molecular complexity index is 1100. The van der Waals surface area contributed by atoms with Crippen LogP contribution in [0.15, 0.2) is 59.5 Å². The molecule has 8 nitrogen and oxygen atoms in total. The number of benzene rings is 2. The summed E-state index contributed by atoms with van der Waals surface area (Å²) in [7, 11) is -4.06. The Hall–Kier alpha value is -2.98. The lowest BCUT2D eigenvalue weighted by molar-refractivity contribution is -0.130. The fourth-order valence-electron chi connectivity index (χ4n) is 3.56. The van der Waals surface area contributed by atoms with Gasteiger partial charge in [-0.3, -0.25) is 4.79 Å². The zero-order valence-electron chi connectivity index (χ0n) is 16.0. The fourth-order valence-corrected chi connectivity index (χ4v) is 5.61.